The normalized spacial score (nSPS) is 11.6. The van der Waals surface area contributed by atoms with Crippen molar-refractivity contribution in [3.63, 3.8) is 0 Å². The van der Waals surface area contributed by atoms with Crippen molar-refractivity contribution in [2.24, 2.45) is 5.92 Å². The van der Waals surface area contributed by atoms with E-state index in [0.29, 0.717) is 12.8 Å². The highest BCUT2D eigenvalue weighted by molar-refractivity contribution is 5.35. The highest BCUT2D eigenvalue weighted by atomic mass is 14.3. The Morgan fingerprint density at radius 2 is 1.33 bits per heavy atom. The van der Waals surface area contributed by atoms with Crippen molar-refractivity contribution in [1.29, 1.82) is 10.5 Å². The molecule has 1 atom stereocenters. The summed E-state index contributed by atoms with van der Waals surface area (Å²) >= 11 is 0. The fourth-order valence-corrected chi connectivity index (χ4v) is 2.71. The van der Waals surface area contributed by atoms with Crippen molar-refractivity contribution in [2.45, 2.75) is 25.7 Å². The van der Waals surface area contributed by atoms with Gasteiger partial charge in [0.05, 0.1) is 12.1 Å². The Kier molecular flexibility index (Phi) is 5.13. The molecule has 0 aliphatic rings. The van der Waals surface area contributed by atoms with Crippen LogP contribution in [0.15, 0.2) is 54.6 Å². The van der Waals surface area contributed by atoms with Crippen molar-refractivity contribution in [3.05, 3.63) is 71.3 Å². The van der Waals surface area contributed by atoms with Gasteiger partial charge in [0.1, 0.15) is 0 Å². The van der Waals surface area contributed by atoms with Crippen LogP contribution < -0.4 is 0 Å². The minimum atomic E-state index is 0.0186. The van der Waals surface area contributed by atoms with E-state index in [1.807, 2.05) is 18.2 Å². The second kappa shape index (κ2) is 7.27. The SMILES string of the molecule is Cc1ccc(C(c2ccccc2)C(CC#N)CC#N)cc1. The van der Waals surface area contributed by atoms with Crippen molar-refractivity contribution >= 4 is 0 Å². The number of benzene rings is 2. The van der Waals surface area contributed by atoms with Crippen LogP contribution in [0.3, 0.4) is 0 Å². The maximum Gasteiger partial charge on any atom is 0.0625 e. The van der Waals surface area contributed by atoms with E-state index >= 15 is 0 Å². The lowest BCUT2D eigenvalue weighted by Crippen LogP contribution is -2.14. The molecule has 1 unspecified atom stereocenters. The molecule has 2 aromatic rings. The average molecular weight is 274 g/mol. The molecule has 2 heteroatoms. The third-order valence-electron chi connectivity index (χ3n) is 3.77. The van der Waals surface area contributed by atoms with Gasteiger partial charge in [-0.2, -0.15) is 10.5 Å². The first-order valence-corrected chi connectivity index (χ1v) is 7.11. The van der Waals surface area contributed by atoms with Crippen LogP contribution in [-0.2, 0) is 0 Å². The number of hydrogen-bond donors (Lipinski definition) is 0. The van der Waals surface area contributed by atoms with E-state index in [4.69, 9.17) is 10.5 Å². The van der Waals surface area contributed by atoms with Crippen molar-refractivity contribution in [3.8, 4) is 12.1 Å². The van der Waals surface area contributed by atoms with Gasteiger partial charge in [0.15, 0.2) is 0 Å². The molecule has 2 rings (SSSR count). The van der Waals surface area contributed by atoms with E-state index in [1.54, 1.807) is 0 Å². The van der Waals surface area contributed by atoms with E-state index in [-0.39, 0.29) is 11.8 Å². The van der Waals surface area contributed by atoms with Gasteiger partial charge in [-0.25, -0.2) is 0 Å². The van der Waals surface area contributed by atoms with Gasteiger partial charge >= 0.3 is 0 Å². The zero-order valence-corrected chi connectivity index (χ0v) is 12.2. The summed E-state index contributed by atoms with van der Waals surface area (Å²) in [5, 5.41) is 18.2. The molecule has 0 radical (unpaired) electrons. The summed E-state index contributed by atoms with van der Waals surface area (Å²) < 4.78 is 0. The van der Waals surface area contributed by atoms with Crippen LogP contribution in [0.4, 0.5) is 0 Å². The Morgan fingerprint density at radius 3 is 1.86 bits per heavy atom. The summed E-state index contributed by atoms with van der Waals surface area (Å²) in [4.78, 5) is 0. The van der Waals surface area contributed by atoms with Crippen LogP contribution in [0, 0.1) is 35.5 Å². The van der Waals surface area contributed by atoms with E-state index in [1.165, 1.54) is 11.1 Å². The molecule has 0 aliphatic carbocycles. The van der Waals surface area contributed by atoms with Crippen LogP contribution in [0.25, 0.3) is 0 Å². The molecule has 0 heterocycles. The average Bonchev–Trinajstić information content (AvgIpc) is 2.51. The third-order valence-corrected chi connectivity index (χ3v) is 3.77. The summed E-state index contributed by atoms with van der Waals surface area (Å²) in [6.07, 6.45) is 0.780. The Hall–Kier alpha value is -2.58. The minimum absolute atomic E-state index is 0.0186. The molecule has 0 spiro atoms. The lowest BCUT2D eigenvalue weighted by Gasteiger charge is -2.25. The molecular weight excluding hydrogens is 256 g/mol. The van der Waals surface area contributed by atoms with E-state index in [2.05, 4.69) is 55.5 Å². The molecule has 0 amide bonds. The van der Waals surface area contributed by atoms with E-state index in [0.717, 1.165) is 5.56 Å². The topological polar surface area (TPSA) is 47.6 Å². The fourth-order valence-electron chi connectivity index (χ4n) is 2.71. The second-order valence-electron chi connectivity index (χ2n) is 5.28. The van der Waals surface area contributed by atoms with Crippen LogP contribution in [0.1, 0.15) is 35.4 Å². The zero-order valence-electron chi connectivity index (χ0n) is 12.2. The van der Waals surface area contributed by atoms with Gasteiger partial charge in [-0.05, 0) is 24.0 Å². The van der Waals surface area contributed by atoms with Crippen LogP contribution in [0.2, 0.25) is 0 Å². The Balaban J connectivity index is 2.46. The van der Waals surface area contributed by atoms with Gasteiger partial charge in [0, 0.05) is 18.8 Å². The number of aryl methyl sites for hydroxylation is 1. The Bertz CT molecular complexity index is 629. The predicted octanol–water partition coefficient (Wildman–Crippen LogP) is 4.57. The minimum Gasteiger partial charge on any atom is -0.198 e. The highest BCUT2D eigenvalue weighted by Crippen LogP contribution is 2.35. The molecule has 0 bridgehead atoms. The number of nitriles is 2. The molecule has 0 aromatic heterocycles. The zero-order chi connectivity index (χ0) is 15.1. The van der Waals surface area contributed by atoms with Gasteiger partial charge in [-0.3, -0.25) is 0 Å². The van der Waals surface area contributed by atoms with E-state index < -0.39 is 0 Å². The summed E-state index contributed by atoms with van der Waals surface area (Å²) in [7, 11) is 0. The van der Waals surface area contributed by atoms with Gasteiger partial charge in [-0.15, -0.1) is 0 Å². The summed E-state index contributed by atoms with van der Waals surface area (Å²) in [5.74, 6) is 0.108. The second-order valence-corrected chi connectivity index (χ2v) is 5.28. The first kappa shape index (κ1) is 14.8. The maximum absolute atomic E-state index is 9.09. The molecule has 21 heavy (non-hydrogen) atoms. The highest BCUT2D eigenvalue weighted by Gasteiger charge is 2.24. The number of rotatable bonds is 5. The largest absolute Gasteiger partial charge is 0.198 e. The summed E-state index contributed by atoms with van der Waals surface area (Å²) in [6, 6.07) is 23.0. The molecule has 0 saturated carbocycles. The molecule has 2 nitrogen and oxygen atoms in total. The van der Waals surface area contributed by atoms with Crippen molar-refractivity contribution < 1.29 is 0 Å². The first-order valence-electron chi connectivity index (χ1n) is 7.11. The third kappa shape index (κ3) is 3.71. The molecule has 2 aromatic carbocycles. The quantitative estimate of drug-likeness (QED) is 0.801. The van der Waals surface area contributed by atoms with Crippen molar-refractivity contribution in [1.82, 2.24) is 0 Å². The van der Waals surface area contributed by atoms with Gasteiger partial charge < -0.3 is 0 Å². The fraction of sp³-hybridized carbons (Fsp3) is 0.263. The number of hydrogen-bond acceptors (Lipinski definition) is 2. The summed E-state index contributed by atoms with van der Waals surface area (Å²) in [6.45, 7) is 2.06. The van der Waals surface area contributed by atoms with E-state index in [9.17, 15) is 0 Å². The molecule has 0 fully saturated rings. The standard InChI is InChI=1S/C19H18N2/c1-15-7-9-17(10-8-15)19(16-5-3-2-4-6-16)18(11-13-20)12-14-21/h2-10,18-19H,11-12H2,1H3. The first-order chi connectivity index (χ1) is 10.3. The lowest BCUT2D eigenvalue weighted by atomic mass is 9.78. The van der Waals surface area contributed by atoms with Crippen LogP contribution >= 0.6 is 0 Å². The van der Waals surface area contributed by atoms with Crippen LogP contribution in [0.5, 0.6) is 0 Å². The van der Waals surface area contributed by atoms with Gasteiger partial charge in [0.2, 0.25) is 0 Å². The monoisotopic (exact) mass is 274 g/mol. The predicted molar refractivity (Wildman–Crippen MR) is 83.4 cm³/mol. The van der Waals surface area contributed by atoms with Crippen molar-refractivity contribution in [2.75, 3.05) is 0 Å². The maximum atomic E-state index is 9.09. The smallest absolute Gasteiger partial charge is 0.0625 e. The van der Waals surface area contributed by atoms with Gasteiger partial charge in [-0.1, -0.05) is 60.2 Å². The summed E-state index contributed by atoms with van der Waals surface area (Å²) in [5.41, 5.74) is 3.54. The molecule has 104 valence electrons. The molecule has 0 N–H and O–H groups in total. The Morgan fingerprint density at radius 1 is 0.810 bits per heavy atom. The molecular formula is C19H18N2. The Labute approximate surface area is 126 Å². The van der Waals surface area contributed by atoms with Crippen LogP contribution in [-0.4, -0.2) is 0 Å². The number of nitrogens with zero attached hydrogens (tertiary/aromatic N) is 2. The molecule has 0 saturated heterocycles. The molecule has 0 aliphatic heterocycles. The lowest BCUT2D eigenvalue weighted by molar-refractivity contribution is 0.487. The van der Waals surface area contributed by atoms with Gasteiger partial charge in [0.25, 0.3) is 0 Å².